The maximum Gasteiger partial charge on any atom is 0.136 e. The molecule has 0 N–H and O–H groups in total. The summed E-state index contributed by atoms with van der Waals surface area (Å²) in [5.41, 5.74) is 14.6. The molecule has 0 amide bonds. The van der Waals surface area contributed by atoms with E-state index < -0.39 is 0 Å². The lowest BCUT2D eigenvalue weighted by Gasteiger charge is -2.26. The molecule has 2 heteroatoms. The second-order valence-corrected chi connectivity index (χ2v) is 14.9. The third-order valence-corrected chi connectivity index (χ3v) is 11.5. The van der Waals surface area contributed by atoms with Crippen LogP contribution in [0.2, 0.25) is 0 Å². The minimum atomic E-state index is 0.901. The molecular formula is C56H37NO. The van der Waals surface area contributed by atoms with Crippen LogP contribution in [0.3, 0.4) is 0 Å². The topological polar surface area (TPSA) is 16.4 Å². The van der Waals surface area contributed by atoms with Crippen LogP contribution in [0.1, 0.15) is 0 Å². The van der Waals surface area contributed by atoms with E-state index in [2.05, 4.69) is 217 Å². The van der Waals surface area contributed by atoms with E-state index in [-0.39, 0.29) is 0 Å². The van der Waals surface area contributed by atoms with Crippen molar-refractivity contribution in [3.05, 3.63) is 224 Å². The van der Waals surface area contributed by atoms with E-state index in [0.717, 1.165) is 50.1 Å². The van der Waals surface area contributed by atoms with E-state index >= 15 is 0 Å². The van der Waals surface area contributed by atoms with Gasteiger partial charge in [0.2, 0.25) is 0 Å². The molecule has 1 aromatic heterocycles. The van der Waals surface area contributed by atoms with Crippen molar-refractivity contribution < 1.29 is 4.42 Å². The van der Waals surface area contributed by atoms with E-state index in [0.29, 0.717) is 0 Å². The van der Waals surface area contributed by atoms with Gasteiger partial charge in [-0.1, -0.05) is 170 Å². The zero-order chi connectivity index (χ0) is 38.4. The summed E-state index contributed by atoms with van der Waals surface area (Å²) in [6.45, 7) is 0. The first-order valence-electron chi connectivity index (χ1n) is 19.8. The van der Waals surface area contributed by atoms with Gasteiger partial charge in [-0.2, -0.15) is 0 Å². The van der Waals surface area contributed by atoms with E-state index in [4.69, 9.17) is 4.42 Å². The average molecular weight is 740 g/mol. The van der Waals surface area contributed by atoms with Crippen LogP contribution in [-0.4, -0.2) is 0 Å². The predicted octanol–water partition coefficient (Wildman–Crippen LogP) is 16.0. The Morgan fingerprint density at radius 3 is 1.59 bits per heavy atom. The maximum atomic E-state index is 6.24. The number of fused-ring (bicyclic) bond motifs is 5. The quantitative estimate of drug-likeness (QED) is 0.162. The summed E-state index contributed by atoms with van der Waals surface area (Å²) in [4.78, 5) is 2.36. The first-order valence-corrected chi connectivity index (χ1v) is 19.8. The number of furan rings is 1. The van der Waals surface area contributed by atoms with Gasteiger partial charge in [0.1, 0.15) is 11.2 Å². The Hall–Kier alpha value is -7.68. The van der Waals surface area contributed by atoms with Gasteiger partial charge in [-0.05, 0) is 121 Å². The lowest BCUT2D eigenvalue weighted by Crippen LogP contribution is -2.10. The van der Waals surface area contributed by atoms with Crippen LogP contribution in [0.5, 0.6) is 0 Å². The molecule has 0 unspecified atom stereocenters. The van der Waals surface area contributed by atoms with Crippen LogP contribution in [0.25, 0.3) is 88.0 Å². The molecule has 1 heterocycles. The molecule has 0 fully saturated rings. The molecule has 58 heavy (non-hydrogen) atoms. The second kappa shape index (κ2) is 14.1. The van der Waals surface area contributed by atoms with Gasteiger partial charge in [-0.3, -0.25) is 0 Å². The van der Waals surface area contributed by atoms with Gasteiger partial charge in [0.15, 0.2) is 0 Å². The van der Waals surface area contributed by atoms with Crippen molar-refractivity contribution in [3.8, 4) is 44.5 Å². The normalized spacial score (nSPS) is 11.4. The van der Waals surface area contributed by atoms with Crippen LogP contribution in [0, 0.1) is 0 Å². The van der Waals surface area contributed by atoms with Gasteiger partial charge in [-0.25, -0.2) is 0 Å². The molecule has 0 saturated heterocycles. The first kappa shape index (κ1) is 33.6. The highest BCUT2D eigenvalue weighted by Gasteiger charge is 2.17. The van der Waals surface area contributed by atoms with E-state index in [9.17, 15) is 0 Å². The minimum Gasteiger partial charge on any atom is -0.456 e. The number of para-hydroxylation sites is 1. The summed E-state index contributed by atoms with van der Waals surface area (Å²) >= 11 is 0. The van der Waals surface area contributed by atoms with Crippen molar-refractivity contribution in [1.82, 2.24) is 0 Å². The zero-order valence-corrected chi connectivity index (χ0v) is 31.7. The molecule has 0 aliphatic carbocycles. The van der Waals surface area contributed by atoms with Gasteiger partial charge in [0, 0.05) is 27.8 Å². The number of benzene rings is 10. The second-order valence-electron chi connectivity index (χ2n) is 14.9. The highest BCUT2D eigenvalue weighted by Crippen LogP contribution is 2.41. The fourth-order valence-electron chi connectivity index (χ4n) is 8.57. The van der Waals surface area contributed by atoms with Crippen molar-refractivity contribution in [2.24, 2.45) is 0 Å². The summed E-state index contributed by atoms with van der Waals surface area (Å²) in [6, 6.07) is 80.7. The summed E-state index contributed by atoms with van der Waals surface area (Å²) < 4.78 is 6.24. The van der Waals surface area contributed by atoms with Crippen LogP contribution in [-0.2, 0) is 0 Å². The van der Waals surface area contributed by atoms with Crippen molar-refractivity contribution >= 4 is 60.5 Å². The van der Waals surface area contributed by atoms with Crippen LogP contribution < -0.4 is 4.90 Å². The first-order chi connectivity index (χ1) is 28.7. The third kappa shape index (κ3) is 6.00. The molecule has 0 aliphatic rings. The lowest BCUT2D eigenvalue weighted by atomic mass is 9.96. The Morgan fingerprint density at radius 2 is 0.793 bits per heavy atom. The maximum absolute atomic E-state index is 6.24. The summed E-state index contributed by atoms with van der Waals surface area (Å²) in [6.07, 6.45) is 0. The average Bonchev–Trinajstić information content (AvgIpc) is 3.69. The SMILES string of the molecule is c1cc(-c2ccc3ccccc3c2)cc(N(c2ccc(-c3ccc(-c4cccc5ccccc45)cc3)cc2)c2ccc(-c3cccc4oc5ccccc5c34)cc2)c1. The summed E-state index contributed by atoms with van der Waals surface area (Å²) in [7, 11) is 0. The van der Waals surface area contributed by atoms with Gasteiger partial charge in [-0.15, -0.1) is 0 Å². The van der Waals surface area contributed by atoms with Crippen LogP contribution in [0.4, 0.5) is 17.1 Å². The fraction of sp³-hybridized carbons (Fsp3) is 0. The molecule has 0 bridgehead atoms. The van der Waals surface area contributed by atoms with Crippen molar-refractivity contribution in [2.75, 3.05) is 4.90 Å². The van der Waals surface area contributed by atoms with Crippen LogP contribution in [0.15, 0.2) is 229 Å². The summed E-state index contributed by atoms with van der Waals surface area (Å²) in [5.74, 6) is 0. The number of rotatable bonds is 7. The molecule has 272 valence electrons. The lowest BCUT2D eigenvalue weighted by molar-refractivity contribution is 0.669. The Morgan fingerprint density at radius 1 is 0.276 bits per heavy atom. The largest absolute Gasteiger partial charge is 0.456 e. The molecule has 0 saturated carbocycles. The molecule has 0 atom stereocenters. The Balaban J connectivity index is 0.974. The predicted molar refractivity (Wildman–Crippen MR) is 245 cm³/mol. The van der Waals surface area contributed by atoms with Crippen LogP contribution >= 0.6 is 0 Å². The Labute approximate surface area is 337 Å². The molecule has 11 aromatic rings. The molecule has 0 aliphatic heterocycles. The molecule has 11 rings (SSSR count). The highest BCUT2D eigenvalue weighted by atomic mass is 16.3. The van der Waals surface area contributed by atoms with E-state index in [1.54, 1.807) is 0 Å². The molecule has 0 radical (unpaired) electrons. The van der Waals surface area contributed by atoms with Gasteiger partial charge >= 0.3 is 0 Å². The minimum absolute atomic E-state index is 0.901. The Bertz CT molecular complexity index is 3260. The summed E-state index contributed by atoms with van der Waals surface area (Å²) in [5, 5.41) is 7.28. The number of nitrogens with zero attached hydrogens (tertiary/aromatic N) is 1. The van der Waals surface area contributed by atoms with E-state index in [1.807, 2.05) is 12.1 Å². The highest BCUT2D eigenvalue weighted by molar-refractivity contribution is 6.12. The van der Waals surface area contributed by atoms with Gasteiger partial charge < -0.3 is 9.32 Å². The van der Waals surface area contributed by atoms with Crippen molar-refractivity contribution in [2.45, 2.75) is 0 Å². The Kier molecular flexibility index (Phi) is 8.19. The standard InChI is InChI=1S/C56H37NO/c1-2-12-44-36-46(27-24-38(44)10-1)45-14-7-15-49(37-45)57(48-34-30-43(31-35-48)52-19-9-21-55-56(52)53-17-5-6-20-54(53)58-55)47-32-28-40(29-33-47)39-22-25-42(26-23-39)51-18-8-13-41-11-3-4-16-50(41)51/h1-37H. The van der Waals surface area contributed by atoms with Crippen molar-refractivity contribution in [3.63, 3.8) is 0 Å². The number of anilines is 3. The third-order valence-electron chi connectivity index (χ3n) is 11.5. The van der Waals surface area contributed by atoms with Crippen molar-refractivity contribution in [1.29, 1.82) is 0 Å². The smallest absolute Gasteiger partial charge is 0.136 e. The van der Waals surface area contributed by atoms with E-state index in [1.165, 1.54) is 54.9 Å². The molecule has 2 nitrogen and oxygen atoms in total. The number of hydrogen-bond acceptors (Lipinski definition) is 2. The monoisotopic (exact) mass is 739 g/mol. The molecule has 10 aromatic carbocycles. The van der Waals surface area contributed by atoms with Gasteiger partial charge in [0.25, 0.3) is 0 Å². The van der Waals surface area contributed by atoms with Gasteiger partial charge in [0.05, 0.1) is 0 Å². The fourth-order valence-corrected chi connectivity index (χ4v) is 8.57. The molecule has 0 spiro atoms. The molecular weight excluding hydrogens is 703 g/mol. The zero-order valence-electron chi connectivity index (χ0n) is 31.7. The number of hydrogen-bond donors (Lipinski definition) is 0.